The minimum Gasteiger partial charge on any atom is -0.444 e. The average Bonchev–Trinajstić information content (AvgIpc) is 2.69. The predicted octanol–water partition coefficient (Wildman–Crippen LogP) is 2.57. The molecule has 0 aromatic heterocycles. The zero-order valence-corrected chi connectivity index (χ0v) is 12.5. The Morgan fingerprint density at radius 3 is 2.60 bits per heavy atom. The maximum atomic E-state index is 12.3. The number of nitrogens with zero attached hydrogens (tertiary/aromatic N) is 1. The number of nitrogens with two attached hydrogens (primary N) is 1. The Bertz CT molecular complexity index is 453. The Balaban J connectivity index is 2.05. The molecule has 1 aromatic rings. The van der Waals surface area contributed by atoms with Crippen molar-refractivity contribution in [1.82, 2.24) is 4.90 Å². The lowest BCUT2D eigenvalue weighted by Crippen LogP contribution is -2.41. The fourth-order valence-electron chi connectivity index (χ4n) is 2.58. The van der Waals surface area contributed by atoms with E-state index in [1.54, 1.807) is 4.90 Å². The highest BCUT2D eigenvalue weighted by Crippen LogP contribution is 2.23. The summed E-state index contributed by atoms with van der Waals surface area (Å²) < 4.78 is 5.47. The standard InChI is InChI=1S/C16H24N2O2/c1-16(2,3)20-15(19)18-11-13(17)10-14(18)9-12-7-5-4-6-8-12/h4-8,13-14H,9-11,17H2,1-3H3. The highest BCUT2D eigenvalue weighted by Gasteiger charge is 2.35. The lowest BCUT2D eigenvalue weighted by atomic mass is 10.0. The van der Waals surface area contributed by atoms with Gasteiger partial charge in [0.05, 0.1) is 0 Å². The summed E-state index contributed by atoms with van der Waals surface area (Å²) in [7, 11) is 0. The third-order valence-corrected chi connectivity index (χ3v) is 3.39. The van der Waals surface area contributed by atoms with E-state index in [9.17, 15) is 4.79 Å². The molecule has 0 saturated carbocycles. The summed E-state index contributed by atoms with van der Waals surface area (Å²) in [6, 6.07) is 10.4. The van der Waals surface area contributed by atoms with Gasteiger partial charge in [-0.2, -0.15) is 0 Å². The van der Waals surface area contributed by atoms with Gasteiger partial charge in [-0.3, -0.25) is 0 Å². The van der Waals surface area contributed by atoms with Crippen LogP contribution in [0.2, 0.25) is 0 Å². The van der Waals surface area contributed by atoms with E-state index in [-0.39, 0.29) is 18.2 Å². The number of ether oxygens (including phenoxy) is 1. The lowest BCUT2D eigenvalue weighted by molar-refractivity contribution is 0.0225. The summed E-state index contributed by atoms with van der Waals surface area (Å²) in [4.78, 5) is 14.0. The highest BCUT2D eigenvalue weighted by atomic mass is 16.6. The van der Waals surface area contributed by atoms with Gasteiger partial charge in [-0.15, -0.1) is 0 Å². The fourth-order valence-corrected chi connectivity index (χ4v) is 2.58. The van der Waals surface area contributed by atoms with E-state index in [1.165, 1.54) is 5.56 Å². The molecule has 0 radical (unpaired) electrons. The SMILES string of the molecule is CC(C)(C)OC(=O)N1CC(N)CC1Cc1ccccc1. The van der Waals surface area contributed by atoms with E-state index in [0.717, 1.165) is 12.8 Å². The number of benzene rings is 1. The maximum absolute atomic E-state index is 12.3. The Labute approximate surface area is 120 Å². The quantitative estimate of drug-likeness (QED) is 0.903. The molecule has 1 aliphatic heterocycles. The summed E-state index contributed by atoms with van der Waals surface area (Å²) in [5, 5.41) is 0. The number of hydrogen-bond acceptors (Lipinski definition) is 3. The third kappa shape index (κ3) is 3.97. The Morgan fingerprint density at radius 2 is 2.00 bits per heavy atom. The molecule has 1 aliphatic rings. The van der Waals surface area contributed by atoms with E-state index in [4.69, 9.17) is 10.5 Å². The number of likely N-dealkylation sites (tertiary alicyclic amines) is 1. The normalized spacial score (nSPS) is 22.9. The molecule has 20 heavy (non-hydrogen) atoms. The molecule has 2 atom stereocenters. The van der Waals surface area contributed by atoms with E-state index in [1.807, 2.05) is 39.0 Å². The maximum Gasteiger partial charge on any atom is 0.410 e. The molecule has 2 rings (SSSR count). The first-order valence-electron chi connectivity index (χ1n) is 7.14. The Morgan fingerprint density at radius 1 is 1.35 bits per heavy atom. The van der Waals surface area contributed by atoms with Crippen LogP contribution in [0.5, 0.6) is 0 Å². The van der Waals surface area contributed by atoms with E-state index < -0.39 is 5.60 Å². The van der Waals surface area contributed by atoms with Gasteiger partial charge in [-0.05, 0) is 39.2 Å². The minimum absolute atomic E-state index is 0.0382. The minimum atomic E-state index is -0.471. The van der Waals surface area contributed by atoms with Crippen LogP contribution in [-0.2, 0) is 11.2 Å². The van der Waals surface area contributed by atoms with Crippen LogP contribution in [0.3, 0.4) is 0 Å². The van der Waals surface area contributed by atoms with Crippen LogP contribution in [0.25, 0.3) is 0 Å². The van der Waals surface area contributed by atoms with Crippen molar-refractivity contribution in [3.05, 3.63) is 35.9 Å². The molecule has 1 saturated heterocycles. The van der Waals surface area contributed by atoms with Crippen molar-refractivity contribution in [1.29, 1.82) is 0 Å². The molecular formula is C16H24N2O2. The number of amides is 1. The number of carbonyl (C=O) groups excluding carboxylic acids is 1. The second kappa shape index (κ2) is 5.83. The first-order valence-corrected chi connectivity index (χ1v) is 7.14. The smallest absolute Gasteiger partial charge is 0.410 e. The second-order valence-electron chi connectivity index (χ2n) is 6.47. The monoisotopic (exact) mass is 276 g/mol. The van der Waals surface area contributed by atoms with Crippen molar-refractivity contribution in [2.75, 3.05) is 6.54 Å². The van der Waals surface area contributed by atoms with Gasteiger partial charge in [-0.25, -0.2) is 4.79 Å². The second-order valence-corrected chi connectivity index (χ2v) is 6.47. The van der Waals surface area contributed by atoms with Crippen LogP contribution in [-0.4, -0.2) is 35.2 Å². The van der Waals surface area contributed by atoms with Gasteiger partial charge >= 0.3 is 6.09 Å². The predicted molar refractivity (Wildman–Crippen MR) is 79.5 cm³/mol. The van der Waals surface area contributed by atoms with Crippen molar-refractivity contribution in [3.8, 4) is 0 Å². The first-order chi connectivity index (χ1) is 9.35. The van der Waals surface area contributed by atoms with E-state index >= 15 is 0 Å². The summed E-state index contributed by atoms with van der Waals surface area (Å²) >= 11 is 0. The van der Waals surface area contributed by atoms with Crippen molar-refractivity contribution >= 4 is 6.09 Å². The Hall–Kier alpha value is -1.55. The topological polar surface area (TPSA) is 55.6 Å². The third-order valence-electron chi connectivity index (χ3n) is 3.39. The molecule has 110 valence electrons. The summed E-state index contributed by atoms with van der Waals surface area (Å²) in [5.74, 6) is 0. The first kappa shape index (κ1) is 14.9. The molecule has 0 spiro atoms. The van der Waals surface area contributed by atoms with Crippen LogP contribution >= 0.6 is 0 Å². The van der Waals surface area contributed by atoms with Gasteiger partial charge in [0.2, 0.25) is 0 Å². The molecule has 1 fully saturated rings. The van der Waals surface area contributed by atoms with Crippen LogP contribution < -0.4 is 5.73 Å². The van der Waals surface area contributed by atoms with Gasteiger partial charge in [0.1, 0.15) is 5.60 Å². The molecule has 2 unspecified atom stereocenters. The number of hydrogen-bond donors (Lipinski definition) is 1. The van der Waals surface area contributed by atoms with Crippen molar-refractivity contribution < 1.29 is 9.53 Å². The average molecular weight is 276 g/mol. The molecule has 4 nitrogen and oxygen atoms in total. The molecular weight excluding hydrogens is 252 g/mol. The van der Waals surface area contributed by atoms with Crippen LogP contribution in [0.4, 0.5) is 4.79 Å². The van der Waals surface area contributed by atoms with Crippen molar-refractivity contribution in [2.45, 2.75) is 51.3 Å². The summed E-state index contributed by atoms with van der Waals surface area (Å²) in [6.45, 7) is 6.22. The fraction of sp³-hybridized carbons (Fsp3) is 0.562. The Kier molecular flexibility index (Phi) is 4.33. The lowest BCUT2D eigenvalue weighted by Gasteiger charge is -2.28. The van der Waals surface area contributed by atoms with E-state index in [2.05, 4.69) is 12.1 Å². The summed E-state index contributed by atoms with van der Waals surface area (Å²) in [5.41, 5.74) is 6.77. The zero-order chi connectivity index (χ0) is 14.8. The molecule has 2 N–H and O–H groups in total. The van der Waals surface area contributed by atoms with Gasteiger partial charge in [0, 0.05) is 18.6 Å². The molecule has 4 heteroatoms. The van der Waals surface area contributed by atoms with Crippen LogP contribution in [0.1, 0.15) is 32.8 Å². The van der Waals surface area contributed by atoms with Gasteiger partial charge < -0.3 is 15.4 Å². The van der Waals surface area contributed by atoms with Crippen LogP contribution in [0.15, 0.2) is 30.3 Å². The largest absolute Gasteiger partial charge is 0.444 e. The zero-order valence-electron chi connectivity index (χ0n) is 12.5. The van der Waals surface area contributed by atoms with Gasteiger partial charge in [0.15, 0.2) is 0 Å². The summed E-state index contributed by atoms with van der Waals surface area (Å²) in [6.07, 6.45) is 1.40. The molecule has 1 aromatic carbocycles. The molecule has 1 amide bonds. The van der Waals surface area contributed by atoms with Crippen molar-refractivity contribution in [2.24, 2.45) is 5.73 Å². The molecule has 0 aliphatic carbocycles. The van der Waals surface area contributed by atoms with E-state index in [0.29, 0.717) is 6.54 Å². The highest BCUT2D eigenvalue weighted by molar-refractivity contribution is 5.69. The number of rotatable bonds is 2. The molecule has 1 heterocycles. The van der Waals surface area contributed by atoms with Crippen molar-refractivity contribution in [3.63, 3.8) is 0 Å². The van der Waals surface area contributed by atoms with Crippen LogP contribution in [0, 0.1) is 0 Å². The van der Waals surface area contributed by atoms with Gasteiger partial charge in [0.25, 0.3) is 0 Å². The van der Waals surface area contributed by atoms with Gasteiger partial charge in [-0.1, -0.05) is 30.3 Å². The molecule has 0 bridgehead atoms. The number of carbonyl (C=O) groups is 1.